The molecule has 1 spiro atoms. The maximum atomic E-state index is 13.5. The zero-order chi connectivity index (χ0) is 30.3. The van der Waals surface area contributed by atoms with E-state index >= 15 is 0 Å². The summed E-state index contributed by atoms with van der Waals surface area (Å²) < 4.78 is 84.6. The van der Waals surface area contributed by atoms with Crippen LogP contribution < -0.4 is 5.32 Å². The number of benzene rings is 1. The second-order valence-corrected chi connectivity index (χ2v) is 11.4. The Morgan fingerprint density at radius 3 is 2.36 bits per heavy atom. The smallest absolute Gasteiger partial charge is 0.416 e. The van der Waals surface area contributed by atoms with Gasteiger partial charge in [0.15, 0.2) is 0 Å². The summed E-state index contributed by atoms with van der Waals surface area (Å²) in [5.74, 6) is -1.43. The molecule has 1 unspecified atom stereocenters. The number of likely N-dealkylation sites (tertiary alicyclic amines) is 1. The van der Waals surface area contributed by atoms with Crippen LogP contribution in [0, 0.1) is 16.7 Å². The molecule has 1 aromatic carbocycles. The zero-order valence-corrected chi connectivity index (χ0v) is 22.9. The lowest BCUT2D eigenvalue weighted by atomic mass is 9.70. The molecule has 1 atom stereocenters. The Morgan fingerprint density at radius 2 is 1.76 bits per heavy atom. The number of nitrogens with one attached hydrogen (secondary N) is 1. The van der Waals surface area contributed by atoms with Gasteiger partial charge >= 0.3 is 18.3 Å². The summed E-state index contributed by atoms with van der Waals surface area (Å²) >= 11 is 0. The van der Waals surface area contributed by atoms with E-state index in [1.54, 1.807) is 25.1 Å². The maximum Gasteiger partial charge on any atom is 0.416 e. The molecule has 2 aliphatic heterocycles. The number of ether oxygens (including phenoxy) is 1. The van der Waals surface area contributed by atoms with Gasteiger partial charge in [0.05, 0.1) is 24.3 Å². The molecule has 42 heavy (non-hydrogen) atoms. The molecule has 3 heterocycles. The summed E-state index contributed by atoms with van der Waals surface area (Å²) in [6.45, 7) is 3.36. The molecule has 1 saturated carbocycles. The Balaban J connectivity index is 1.34. The molecule has 1 amide bonds. The third-order valence-corrected chi connectivity index (χ3v) is 8.47. The van der Waals surface area contributed by atoms with Gasteiger partial charge in [-0.15, -0.1) is 0 Å². The standard InChI is InChI=1S/C30H31F6N3O3/c1-2-42-25(40)14-19(13-23-4-3-5-24(38-23)20-6-8-21(9-7-20)29(31,32)33)12-22-15-37-16-27(22)17-39(18-27)26(41)28(10-11-28)30(34,35)36/h3-9,12,22,37H,2,10-11,13-18H2,1H3/b19-12-. The van der Waals surface area contributed by atoms with Gasteiger partial charge in [-0.2, -0.15) is 26.3 Å². The average molecular weight is 596 g/mol. The van der Waals surface area contributed by atoms with Gasteiger partial charge in [0.25, 0.3) is 0 Å². The Bertz CT molecular complexity index is 1360. The van der Waals surface area contributed by atoms with Crippen LogP contribution in [0.3, 0.4) is 0 Å². The molecule has 5 rings (SSSR count). The van der Waals surface area contributed by atoms with Crippen LogP contribution in [0.25, 0.3) is 11.3 Å². The first-order chi connectivity index (χ1) is 19.8. The van der Waals surface area contributed by atoms with Gasteiger partial charge in [-0.25, -0.2) is 0 Å². The van der Waals surface area contributed by atoms with Crippen LogP contribution in [0.1, 0.15) is 37.4 Å². The fourth-order valence-corrected chi connectivity index (χ4v) is 5.97. The van der Waals surface area contributed by atoms with E-state index in [1.165, 1.54) is 17.0 Å². The first-order valence-corrected chi connectivity index (χ1v) is 13.8. The Labute approximate surface area is 239 Å². The molecular formula is C30H31F6N3O3. The van der Waals surface area contributed by atoms with Crippen molar-refractivity contribution in [3.05, 3.63) is 65.4 Å². The topological polar surface area (TPSA) is 71.5 Å². The number of esters is 1. The molecule has 1 N–H and O–H groups in total. The monoisotopic (exact) mass is 595 g/mol. The normalized spacial score (nSPS) is 21.3. The van der Waals surface area contributed by atoms with E-state index in [0.29, 0.717) is 35.6 Å². The highest BCUT2D eigenvalue weighted by atomic mass is 19.4. The van der Waals surface area contributed by atoms with E-state index in [4.69, 9.17) is 4.74 Å². The van der Waals surface area contributed by atoms with Gasteiger partial charge in [0.1, 0.15) is 5.41 Å². The molecule has 3 fully saturated rings. The van der Waals surface area contributed by atoms with Crippen molar-refractivity contribution < 1.29 is 40.7 Å². The molecule has 2 aromatic rings. The van der Waals surface area contributed by atoms with Gasteiger partial charge in [-0.05, 0) is 49.9 Å². The molecule has 6 nitrogen and oxygen atoms in total. The van der Waals surface area contributed by atoms with Gasteiger partial charge < -0.3 is 15.0 Å². The largest absolute Gasteiger partial charge is 0.466 e. The molecule has 1 aliphatic carbocycles. The minimum Gasteiger partial charge on any atom is -0.466 e. The quantitative estimate of drug-likeness (QED) is 0.245. The lowest BCUT2D eigenvalue weighted by Gasteiger charge is -2.51. The fourth-order valence-electron chi connectivity index (χ4n) is 5.97. The van der Waals surface area contributed by atoms with Crippen LogP contribution in [0.2, 0.25) is 0 Å². The zero-order valence-electron chi connectivity index (χ0n) is 22.9. The fraction of sp³-hybridized carbons (Fsp3) is 0.500. The number of aromatic nitrogens is 1. The first kappa shape index (κ1) is 30.1. The van der Waals surface area contributed by atoms with Crippen molar-refractivity contribution in [2.45, 2.75) is 45.0 Å². The third-order valence-electron chi connectivity index (χ3n) is 8.47. The van der Waals surface area contributed by atoms with Crippen molar-refractivity contribution >= 4 is 11.9 Å². The minimum atomic E-state index is -4.56. The van der Waals surface area contributed by atoms with Crippen molar-refractivity contribution in [1.82, 2.24) is 15.2 Å². The van der Waals surface area contributed by atoms with E-state index in [2.05, 4.69) is 10.3 Å². The van der Waals surface area contributed by atoms with Crippen molar-refractivity contribution in [3.63, 3.8) is 0 Å². The molecule has 0 radical (unpaired) electrons. The number of hydrogen-bond donors (Lipinski definition) is 1. The average Bonchev–Trinajstić information content (AvgIpc) is 3.63. The van der Waals surface area contributed by atoms with Crippen molar-refractivity contribution in [1.29, 1.82) is 0 Å². The highest BCUT2D eigenvalue weighted by molar-refractivity contribution is 5.87. The molecule has 226 valence electrons. The molecule has 3 aliphatic rings. The molecule has 12 heteroatoms. The third kappa shape index (κ3) is 5.91. The summed E-state index contributed by atoms with van der Waals surface area (Å²) in [4.78, 5) is 31.1. The number of nitrogens with zero attached hydrogens (tertiary/aromatic N) is 2. The minimum absolute atomic E-state index is 0.0214. The van der Waals surface area contributed by atoms with Crippen LogP contribution in [-0.4, -0.2) is 60.7 Å². The number of carbonyl (C=O) groups is 2. The highest BCUT2D eigenvalue weighted by Crippen LogP contribution is 2.60. The number of carbonyl (C=O) groups excluding carboxylic acids is 2. The maximum absolute atomic E-state index is 13.5. The second kappa shape index (κ2) is 11.0. The Morgan fingerprint density at radius 1 is 1.07 bits per heavy atom. The van der Waals surface area contributed by atoms with Crippen LogP contribution in [0.4, 0.5) is 26.3 Å². The van der Waals surface area contributed by atoms with E-state index in [1.807, 2.05) is 6.08 Å². The van der Waals surface area contributed by atoms with Crippen molar-refractivity contribution in [2.75, 3.05) is 32.8 Å². The summed E-state index contributed by atoms with van der Waals surface area (Å²) in [5, 5.41) is 3.29. The van der Waals surface area contributed by atoms with Crippen LogP contribution in [0.5, 0.6) is 0 Å². The van der Waals surface area contributed by atoms with Gasteiger partial charge in [0, 0.05) is 49.3 Å². The van der Waals surface area contributed by atoms with Crippen LogP contribution in [0.15, 0.2) is 54.1 Å². The molecule has 0 bridgehead atoms. The number of halogens is 6. The summed E-state index contributed by atoms with van der Waals surface area (Å²) in [5.41, 5.74) is -1.17. The molecule has 2 saturated heterocycles. The highest BCUT2D eigenvalue weighted by Gasteiger charge is 2.71. The summed E-state index contributed by atoms with van der Waals surface area (Å²) in [6.07, 6.45) is -7.18. The van der Waals surface area contributed by atoms with Gasteiger partial charge in [0.2, 0.25) is 5.91 Å². The summed E-state index contributed by atoms with van der Waals surface area (Å²) in [7, 11) is 0. The number of pyridine rings is 1. The van der Waals surface area contributed by atoms with Gasteiger partial charge in [-0.3, -0.25) is 14.6 Å². The number of hydrogen-bond acceptors (Lipinski definition) is 5. The van der Waals surface area contributed by atoms with Crippen molar-refractivity contribution in [2.24, 2.45) is 16.7 Å². The number of alkyl halides is 6. The van der Waals surface area contributed by atoms with E-state index < -0.39 is 40.6 Å². The lowest BCUT2D eigenvalue weighted by molar-refractivity contribution is -0.204. The van der Waals surface area contributed by atoms with Crippen molar-refractivity contribution in [3.8, 4) is 11.3 Å². The molecule has 1 aromatic heterocycles. The number of amides is 1. The van der Waals surface area contributed by atoms with E-state index in [0.717, 1.165) is 12.1 Å². The van der Waals surface area contributed by atoms with E-state index in [-0.39, 0.29) is 51.3 Å². The van der Waals surface area contributed by atoms with Gasteiger partial charge in [-0.1, -0.05) is 29.8 Å². The SMILES string of the molecule is CCOC(=O)C/C(=C\C1CNCC12CN(C(=O)C1(C(F)(F)F)CC1)C2)Cc1cccc(-c2ccc(C(F)(F)F)cc2)n1. The summed E-state index contributed by atoms with van der Waals surface area (Å²) in [6, 6.07) is 9.87. The Hall–Kier alpha value is -3.41. The lowest BCUT2D eigenvalue weighted by Crippen LogP contribution is -2.64. The molecular weight excluding hydrogens is 564 g/mol. The number of rotatable bonds is 8. The first-order valence-electron chi connectivity index (χ1n) is 13.8. The van der Waals surface area contributed by atoms with Crippen LogP contribution >= 0.6 is 0 Å². The predicted octanol–water partition coefficient (Wildman–Crippen LogP) is 5.58. The van der Waals surface area contributed by atoms with Crippen LogP contribution in [-0.2, 0) is 26.9 Å². The Kier molecular flexibility index (Phi) is 7.88. The van der Waals surface area contributed by atoms with E-state index in [9.17, 15) is 35.9 Å². The predicted molar refractivity (Wildman–Crippen MR) is 141 cm³/mol. The second-order valence-electron chi connectivity index (χ2n) is 11.4.